The van der Waals surface area contributed by atoms with Gasteiger partial charge in [-0.2, -0.15) is 0 Å². The zero-order valence-corrected chi connectivity index (χ0v) is 12.1. The Balaban J connectivity index is 4.10. The summed E-state index contributed by atoms with van der Waals surface area (Å²) in [5.74, 6) is 0. The Labute approximate surface area is 122 Å². The highest BCUT2D eigenvalue weighted by Crippen LogP contribution is 1.90. The molecule has 0 saturated heterocycles. The molecule has 0 bridgehead atoms. The maximum atomic E-state index is 11.3. The molecule has 0 aliphatic carbocycles. The minimum absolute atomic E-state index is 0.0420. The SMILES string of the molecule is CCOC(=O)NCCN(CCNC(=O)OCC)/[N+]([O-])=N\O. The molecule has 0 heterocycles. The summed E-state index contributed by atoms with van der Waals surface area (Å²) >= 11 is 0. The maximum Gasteiger partial charge on any atom is 0.407 e. The first kappa shape index (κ1) is 18.5. The lowest BCUT2D eigenvalue weighted by Gasteiger charge is -2.17. The Morgan fingerprint density at radius 3 is 1.90 bits per heavy atom. The molecule has 0 aromatic carbocycles. The highest BCUT2D eigenvalue weighted by atomic mass is 16.6. The Morgan fingerprint density at radius 1 is 1.14 bits per heavy atom. The Bertz CT molecular complexity index is 327. The van der Waals surface area contributed by atoms with Crippen molar-refractivity contribution in [1.29, 1.82) is 0 Å². The monoisotopic (exact) mass is 307 g/mol. The minimum Gasteiger partial charge on any atom is -0.569 e. The molecule has 122 valence electrons. The molecular weight excluding hydrogens is 286 g/mol. The van der Waals surface area contributed by atoms with Gasteiger partial charge in [0, 0.05) is 13.1 Å². The van der Waals surface area contributed by atoms with E-state index in [4.69, 9.17) is 5.21 Å². The number of amides is 2. The van der Waals surface area contributed by atoms with Crippen molar-refractivity contribution in [2.75, 3.05) is 39.4 Å². The zero-order valence-electron chi connectivity index (χ0n) is 12.1. The van der Waals surface area contributed by atoms with E-state index in [0.29, 0.717) is 0 Å². The van der Waals surface area contributed by atoms with Crippen LogP contribution in [0.1, 0.15) is 13.8 Å². The van der Waals surface area contributed by atoms with Gasteiger partial charge >= 0.3 is 12.2 Å². The van der Waals surface area contributed by atoms with Crippen LogP contribution in [0, 0.1) is 5.21 Å². The summed E-state index contributed by atoms with van der Waals surface area (Å²) in [7, 11) is 0. The van der Waals surface area contributed by atoms with Crippen LogP contribution in [-0.2, 0) is 9.47 Å². The third kappa shape index (κ3) is 9.13. The van der Waals surface area contributed by atoms with Crippen molar-refractivity contribution in [1.82, 2.24) is 15.6 Å². The van der Waals surface area contributed by atoms with Gasteiger partial charge in [0.05, 0.1) is 31.3 Å². The second-order valence-corrected chi connectivity index (χ2v) is 3.59. The Morgan fingerprint density at radius 2 is 1.57 bits per heavy atom. The first-order valence-corrected chi connectivity index (χ1v) is 6.43. The lowest BCUT2D eigenvalue weighted by Crippen LogP contribution is -2.42. The molecule has 0 spiro atoms. The molecule has 0 aromatic rings. The van der Waals surface area contributed by atoms with E-state index in [1.165, 1.54) is 0 Å². The number of carbonyl (C=O) groups is 2. The lowest BCUT2D eigenvalue weighted by atomic mass is 10.5. The van der Waals surface area contributed by atoms with E-state index in [1.54, 1.807) is 13.8 Å². The first-order valence-electron chi connectivity index (χ1n) is 6.43. The van der Waals surface area contributed by atoms with Crippen molar-refractivity contribution in [3.8, 4) is 0 Å². The molecule has 0 rings (SSSR count). The van der Waals surface area contributed by atoms with E-state index in [-0.39, 0.29) is 44.4 Å². The molecule has 0 fully saturated rings. The van der Waals surface area contributed by atoms with Gasteiger partial charge in [-0.1, -0.05) is 0 Å². The Hall–Kier alpha value is -2.46. The number of nitrogens with one attached hydrogen (secondary N) is 2. The van der Waals surface area contributed by atoms with Gasteiger partial charge in [0.25, 0.3) is 0 Å². The van der Waals surface area contributed by atoms with Crippen LogP contribution in [0.25, 0.3) is 0 Å². The molecule has 0 radical (unpaired) electrons. The molecule has 21 heavy (non-hydrogen) atoms. The third-order valence-electron chi connectivity index (χ3n) is 2.15. The highest BCUT2D eigenvalue weighted by Gasteiger charge is 2.14. The molecule has 11 heteroatoms. The van der Waals surface area contributed by atoms with E-state index in [9.17, 15) is 14.8 Å². The number of ether oxygens (including phenoxy) is 2. The van der Waals surface area contributed by atoms with Gasteiger partial charge in [0.1, 0.15) is 0 Å². The molecule has 0 aromatic heterocycles. The molecule has 0 saturated carbocycles. The van der Waals surface area contributed by atoms with E-state index >= 15 is 0 Å². The van der Waals surface area contributed by atoms with Crippen molar-refractivity contribution in [2.24, 2.45) is 5.28 Å². The van der Waals surface area contributed by atoms with Crippen LogP contribution in [0.3, 0.4) is 0 Å². The number of rotatable bonds is 9. The van der Waals surface area contributed by atoms with Crippen LogP contribution in [0.2, 0.25) is 0 Å². The van der Waals surface area contributed by atoms with Crippen LogP contribution in [0.15, 0.2) is 5.28 Å². The van der Waals surface area contributed by atoms with Crippen molar-refractivity contribution < 1.29 is 29.2 Å². The van der Waals surface area contributed by atoms with Crippen molar-refractivity contribution in [3.05, 3.63) is 5.21 Å². The summed E-state index contributed by atoms with van der Waals surface area (Å²) in [6.07, 6.45) is -1.22. The molecule has 0 aliphatic rings. The topological polar surface area (TPSA) is 139 Å². The fraction of sp³-hybridized carbons (Fsp3) is 0.800. The predicted octanol–water partition coefficient (Wildman–Crippen LogP) is 0.0473. The third-order valence-corrected chi connectivity index (χ3v) is 2.15. The largest absolute Gasteiger partial charge is 0.569 e. The molecule has 11 nitrogen and oxygen atoms in total. The molecule has 0 atom stereocenters. The number of carbonyl (C=O) groups excluding carboxylic acids is 2. The normalized spacial score (nSPS) is 10.7. The van der Waals surface area contributed by atoms with E-state index < -0.39 is 12.2 Å². The van der Waals surface area contributed by atoms with Gasteiger partial charge in [-0.3, -0.25) is 0 Å². The van der Waals surface area contributed by atoms with Gasteiger partial charge < -0.3 is 30.5 Å². The number of hydrazine groups is 1. The minimum atomic E-state index is -0.611. The fourth-order valence-corrected chi connectivity index (χ4v) is 1.28. The summed E-state index contributed by atoms with van der Waals surface area (Å²) in [6, 6.07) is 0. The van der Waals surface area contributed by atoms with Crippen LogP contribution in [0.5, 0.6) is 0 Å². The fourth-order valence-electron chi connectivity index (χ4n) is 1.28. The smallest absolute Gasteiger partial charge is 0.407 e. The molecular formula is C10H21N5O6. The summed E-state index contributed by atoms with van der Waals surface area (Å²) in [5.41, 5.74) is 0. The van der Waals surface area contributed by atoms with Gasteiger partial charge in [0.2, 0.25) is 5.28 Å². The van der Waals surface area contributed by atoms with Crippen molar-refractivity contribution in [2.45, 2.75) is 13.8 Å². The maximum absolute atomic E-state index is 11.3. The molecule has 0 aliphatic heterocycles. The van der Waals surface area contributed by atoms with E-state index in [1.807, 2.05) is 0 Å². The van der Waals surface area contributed by atoms with Gasteiger partial charge in [-0.05, 0) is 13.8 Å². The average Bonchev–Trinajstić information content (AvgIpc) is 2.45. The van der Waals surface area contributed by atoms with Crippen LogP contribution in [-0.4, -0.2) is 66.8 Å². The second-order valence-electron chi connectivity index (χ2n) is 3.59. The summed E-state index contributed by atoms with van der Waals surface area (Å²) in [6.45, 7) is 4.14. The summed E-state index contributed by atoms with van der Waals surface area (Å²) < 4.78 is 9.29. The number of hydrogen-bond acceptors (Lipinski definition) is 6. The molecule has 2 amide bonds. The Kier molecular flexibility index (Phi) is 10.0. The van der Waals surface area contributed by atoms with Gasteiger partial charge in [0.15, 0.2) is 0 Å². The van der Waals surface area contributed by atoms with E-state index in [2.05, 4.69) is 25.4 Å². The van der Waals surface area contributed by atoms with E-state index in [0.717, 1.165) is 5.01 Å². The average molecular weight is 307 g/mol. The van der Waals surface area contributed by atoms with Crippen LogP contribution in [0.4, 0.5) is 9.59 Å². The highest BCUT2D eigenvalue weighted by molar-refractivity contribution is 5.67. The number of nitrogens with zero attached hydrogens (tertiary/aromatic N) is 3. The quantitative estimate of drug-likeness (QED) is 0.310. The summed E-state index contributed by atoms with van der Waals surface area (Å²) in [5, 5.41) is 28.1. The van der Waals surface area contributed by atoms with Crippen LogP contribution >= 0.6 is 0 Å². The first-order chi connectivity index (χ1) is 10.0. The van der Waals surface area contributed by atoms with Crippen molar-refractivity contribution in [3.63, 3.8) is 0 Å². The number of alkyl carbamates (subject to hydrolysis) is 2. The standard InChI is InChI=1S/C10H21N5O6/c1-3-20-9(16)11-5-7-14(15(19)13-18)8-6-12-10(17)21-4-2/h18H,3-8H2,1-2H3,(H,11,16)(H,12,17)/b15-13+. The van der Waals surface area contributed by atoms with Crippen molar-refractivity contribution >= 4 is 12.2 Å². The molecule has 0 unspecified atom stereocenters. The van der Waals surface area contributed by atoms with Gasteiger partial charge in [-0.15, -0.1) is 5.01 Å². The van der Waals surface area contributed by atoms with Gasteiger partial charge in [-0.25, -0.2) is 9.59 Å². The second kappa shape index (κ2) is 11.4. The number of hydrogen-bond donors (Lipinski definition) is 3. The molecule has 3 N–H and O–H groups in total. The predicted molar refractivity (Wildman–Crippen MR) is 69.5 cm³/mol. The zero-order chi connectivity index (χ0) is 16.1. The van der Waals surface area contributed by atoms with Crippen LogP contribution < -0.4 is 10.6 Å². The summed E-state index contributed by atoms with van der Waals surface area (Å²) in [4.78, 5) is 22.1. The lowest BCUT2D eigenvalue weighted by molar-refractivity contribution is -0.709.